The van der Waals surface area contributed by atoms with Crippen LogP contribution in [0, 0.1) is 6.92 Å². The van der Waals surface area contributed by atoms with Crippen molar-refractivity contribution in [2.24, 2.45) is 3.77 Å². The summed E-state index contributed by atoms with van der Waals surface area (Å²) in [5.41, 5.74) is 1.08. The fourth-order valence-electron chi connectivity index (χ4n) is 1.84. The lowest BCUT2D eigenvalue weighted by molar-refractivity contribution is 0.154. The molecule has 0 aliphatic rings. The topological polar surface area (TPSA) is 82.0 Å². The van der Waals surface area contributed by atoms with E-state index in [4.69, 9.17) is 8.92 Å². The first-order chi connectivity index (χ1) is 10.4. The molecule has 0 N–H and O–H groups in total. The minimum atomic E-state index is -4.04. The monoisotopic (exact) mass is 342 g/mol. The molecular formula is C14H16NO5S2-. The summed E-state index contributed by atoms with van der Waals surface area (Å²) in [5.74, 6) is 0. The number of methoxy groups -OCH3 is 1. The van der Waals surface area contributed by atoms with Gasteiger partial charge in [0.1, 0.15) is 0 Å². The van der Waals surface area contributed by atoms with Crippen LogP contribution in [-0.2, 0) is 34.0 Å². The molecule has 0 fully saturated rings. The maximum absolute atomic E-state index is 12.1. The number of hydrogen-bond acceptors (Lipinski definition) is 6. The molecule has 0 bridgehead atoms. The van der Waals surface area contributed by atoms with Gasteiger partial charge in [0.15, 0.2) is 0 Å². The molecule has 2 rings (SSSR count). The van der Waals surface area contributed by atoms with Crippen molar-refractivity contribution in [1.82, 2.24) is 0 Å². The van der Waals surface area contributed by atoms with Crippen molar-refractivity contribution in [3.63, 3.8) is 0 Å². The number of sulfonamides is 1. The van der Waals surface area contributed by atoms with Gasteiger partial charge in [0.05, 0.1) is 11.5 Å². The first-order valence-electron chi connectivity index (χ1n) is 6.45. The number of benzene rings is 2. The molecule has 0 aliphatic heterocycles. The van der Waals surface area contributed by atoms with E-state index >= 15 is 0 Å². The summed E-state index contributed by atoms with van der Waals surface area (Å²) in [7, 11) is -4.86. The van der Waals surface area contributed by atoms with E-state index in [1.54, 1.807) is 6.07 Å². The van der Waals surface area contributed by atoms with Crippen molar-refractivity contribution in [3.05, 3.63) is 42.0 Å². The third kappa shape index (κ3) is 4.26. The van der Waals surface area contributed by atoms with Crippen LogP contribution in [0.4, 0.5) is 0 Å². The molecule has 2 aromatic carbocycles. The zero-order chi connectivity index (χ0) is 16.2. The Morgan fingerprint density at radius 3 is 2.50 bits per heavy atom. The van der Waals surface area contributed by atoms with Crippen LogP contribution in [0.15, 0.2) is 45.1 Å². The molecule has 0 amide bonds. The Morgan fingerprint density at radius 2 is 1.77 bits per heavy atom. The Labute approximate surface area is 131 Å². The molecule has 0 radical (unpaired) electrons. The molecule has 120 valence electrons. The number of ether oxygens (including phenoxy) is 1. The van der Waals surface area contributed by atoms with Gasteiger partial charge in [0.2, 0.25) is 0 Å². The SMILES string of the molecule is COCCO[S-](=O)=NS(=O)(=O)c1ccc2cc(C)ccc2c1. The zero-order valence-corrected chi connectivity index (χ0v) is 13.8. The van der Waals surface area contributed by atoms with E-state index in [9.17, 15) is 12.6 Å². The highest BCUT2D eigenvalue weighted by atomic mass is 32.3. The summed E-state index contributed by atoms with van der Waals surface area (Å²) in [6, 6.07) is 10.3. The van der Waals surface area contributed by atoms with Crippen LogP contribution in [0.2, 0.25) is 0 Å². The molecule has 8 heteroatoms. The smallest absolute Gasteiger partial charge is 0.262 e. The molecule has 0 saturated carbocycles. The van der Waals surface area contributed by atoms with E-state index in [2.05, 4.69) is 3.77 Å². The van der Waals surface area contributed by atoms with Crippen LogP contribution in [0.5, 0.6) is 0 Å². The van der Waals surface area contributed by atoms with E-state index in [1.807, 2.05) is 25.1 Å². The van der Waals surface area contributed by atoms with E-state index in [-0.39, 0.29) is 18.1 Å². The van der Waals surface area contributed by atoms with Gasteiger partial charge in [-0.3, -0.25) is 3.77 Å². The van der Waals surface area contributed by atoms with Gasteiger partial charge < -0.3 is 13.1 Å². The van der Waals surface area contributed by atoms with Crippen LogP contribution in [0.3, 0.4) is 0 Å². The van der Waals surface area contributed by atoms with Crippen molar-refractivity contribution in [2.75, 3.05) is 20.3 Å². The predicted molar refractivity (Wildman–Crippen MR) is 84.2 cm³/mol. The molecule has 2 aromatic rings. The lowest BCUT2D eigenvalue weighted by Gasteiger charge is -2.08. The van der Waals surface area contributed by atoms with E-state index in [1.165, 1.54) is 19.2 Å². The van der Waals surface area contributed by atoms with Crippen LogP contribution in [0.1, 0.15) is 5.56 Å². The van der Waals surface area contributed by atoms with Gasteiger partial charge in [-0.15, -0.1) is 0 Å². The third-order valence-corrected chi connectivity index (χ3v) is 5.39. The Balaban J connectivity index is 2.31. The second kappa shape index (κ2) is 7.19. The van der Waals surface area contributed by atoms with Crippen molar-refractivity contribution < 1.29 is 21.5 Å². The average Bonchev–Trinajstić information content (AvgIpc) is 2.46. The van der Waals surface area contributed by atoms with Crippen LogP contribution >= 0.6 is 0 Å². The van der Waals surface area contributed by atoms with Crippen LogP contribution in [0.25, 0.3) is 10.8 Å². The maximum atomic E-state index is 12.1. The van der Waals surface area contributed by atoms with Gasteiger partial charge in [-0.2, -0.15) is 0 Å². The molecule has 6 nitrogen and oxygen atoms in total. The van der Waals surface area contributed by atoms with Crippen molar-refractivity contribution in [1.29, 1.82) is 0 Å². The van der Waals surface area contributed by atoms with Gasteiger partial charge in [-0.05, 0) is 40.7 Å². The first kappa shape index (κ1) is 16.9. The summed E-state index contributed by atoms with van der Waals surface area (Å²) in [6.07, 6.45) is 0. The number of rotatable bonds is 6. The fraction of sp³-hybridized carbons (Fsp3) is 0.286. The zero-order valence-electron chi connectivity index (χ0n) is 12.2. The number of nitrogens with zero attached hydrogens (tertiary/aromatic N) is 1. The molecule has 0 aromatic heterocycles. The highest BCUT2D eigenvalue weighted by Gasteiger charge is 2.10. The molecule has 0 unspecified atom stereocenters. The van der Waals surface area contributed by atoms with E-state index in [0.717, 1.165) is 16.3 Å². The minimum absolute atomic E-state index is 0.000865. The quantitative estimate of drug-likeness (QED) is 0.595. The van der Waals surface area contributed by atoms with Gasteiger partial charge >= 0.3 is 0 Å². The Kier molecular flexibility index (Phi) is 5.52. The summed E-state index contributed by atoms with van der Waals surface area (Å²) >= 11 is 0. The summed E-state index contributed by atoms with van der Waals surface area (Å²) in [4.78, 5) is -0.0208. The predicted octanol–water partition coefficient (Wildman–Crippen LogP) is 2.56. The van der Waals surface area contributed by atoms with Crippen LogP contribution < -0.4 is 0 Å². The Bertz CT molecular complexity index is 855. The summed E-state index contributed by atoms with van der Waals surface area (Å²) in [5, 5.41) is 1.70. The van der Waals surface area contributed by atoms with Crippen LogP contribution in [-0.4, -0.2) is 28.7 Å². The van der Waals surface area contributed by atoms with E-state index < -0.39 is 20.9 Å². The Morgan fingerprint density at radius 1 is 1.09 bits per heavy atom. The molecule has 0 atom stereocenters. The average molecular weight is 342 g/mol. The Hall–Kier alpha value is -1.48. The second-order valence-corrected chi connectivity index (χ2v) is 7.28. The third-order valence-electron chi connectivity index (χ3n) is 2.90. The van der Waals surface area contributed by atoms with Gasteiger partial charge in [-0.25, -0.2) is 8.42 Å². The standard InChI is InChI=1S/C14H16NO5S2/c1-11-3-4-13-10-14(6-5-12(13)9-11)22(17,18)15-21(16)20-8-7-19-2/h3-6,9-10H,7-8H2,1-2H3/q-1. The number of aryl methyl sites for hydroxylation is 1. The highest BCUT2D eigenvalue weighted by Crippen LogP contribution is 2.21. The normalized spacial score (nSPS) is 13.5. The van der Waals surface area contributed by atoms with Crippen molar-refractivity contribution >= 4 is 31.7 Å². The van der Waals surface area contributed by atoms with Crippen molar-refractivity contribution in [3.8, 4) is 0 Å². The van der Waals surface area contributed by atoms with Gasteiger partial charge in [-0.1, -0.05) is 29.8 Å². The second-order valence-electron chi connectivity index (χ2n) is 4.59. The van der Waals surface area contributed by atoms with Gasteiger partial charge in [0, 0.05) is 13.7 Å². The number of hydrogen-bond donors (Lipinski definition) is 0. The highest BCUT2D eigenvalue weighted by molar-refractivity contribution is 7.95. The lowest BCUT2D eigenvalue weighted by Crippen LogP contribution is -2.02. The lowest BCUT2D eigenvalue weighted by atomic mass is 10.1. The molecule has 0 saturated heterocycles. The maximum Gasteiger partial charge on any atom is 0.262 e. The summed E-state index contributed by atoms with van der Waals surface area (Å²) in [6.45, 7) is 2.16. The summed E-state index contributed by atoms with van der Waals surface area (Å²) < 4.78 is 48.4. The minimum Gasteiger partial charge on any atom is -0.435 e. The molecule has 22 heavy (non-hydrogen) atoms. The van der Waals surface area contributed by atoms with Crippen molar-refractivity contribution in [2.45, 2.75) is 11.8 Å². The fourth-order valence-corrected chi connectivity index (χ4v) is 3.72. The molecule has 0 heterocycles. The number of fused-ring (bicyclic) bond motifs is 1. The largest absolute Gasteiger partial charge is 0.435 e. The first-order valence-corrected chi connectivity index (χ1v) is 8.92. The van der Waals surface area contributed by atoms with Gasteiger partial charge in [0.25, 0.3) is 10.0 Å². The molecule has 0 spiro atoms. The molecular weight excluding hydrogens is 326 g/mol. The molecule has 0 aliphatic carbocycles. The van der Waals surface area contributed by atoms with E-state index in [0.29, 0.717) is 0 Å².